The van der Waals surface area contributed by atoms with E-state index in [1.807, 2.05) is 11.5 Å². The first-order valence-corrected chi connectivity index (χ1v) is 8.14. The lowest BCUT2D eigenvalue weighted by atomic mass is 10.1. The minimum absolute atomic E-state index is 0.468. The first-order valence-electron chi connectivity index (χ1n) is 6.83. The van der Waals surface area contributed by atoms with Gasteiger partial charge < -0.3 is 0 Å². The zero-order valence-corrected chi connectivity index (χ0v) is 13.0. The monoisotopic (exact) mass is 345 g/mol. The molecule has 0 spiro atoms. The van der Waals surface area contributed by atoms with Crippen LogP contribution in [0.1, 0.15) is 16.7 Å². The summed E-state index contributed by atoms with van der Waals surface area (Å²) in [5.41, 5.74) is 3.59. The molecule has 1 atom stereocenters. The Hall–Kier alpha value is -2.72. The molecule has 0 aromatic heterocycles. The number of nitriles is 1. The Bertz CT molecular complexity index is 887. The minimum Gasteiger partial charge on any atom is -0.247 e. The van der Waals surface area contributed by atoms with Crippen molar-refractivity contribution in [1.29, 1.82) is 5.26 Å². The summed E-state index contributed by atoms with van der Waals surface area (Å²) in [6, 6.07) is 13.8. The molecule has 0 amide bonds. The molecule has 0 saturated carbocycles. The number of hydrogen-bond donors (Lipinski definition) is 0. The van der Waals surface area contributed by atoms with Crippen LogP contribution in [0.15, 0.2) is 63.3 Å². The van der Waals surface area contributed by atoms with Crippen LogP contribution in [0.4, 0.5) is 18.9 Å². The van der Waals surface area contributed by atoms with Crippen LogP contribution >= 0.6 is 0 Å². The van der Waals surface area contributed by atoms with Gasteiger partial charge in [-0.2, -0.15) is 18.4 Å². The van der Waals surface area contributed by atoms with Gasteiger partial charge in [0.25, 0.3) is 0 Å². The smallest absolute Gasteiger partial charge is 0.247 e. The first kappa shape index (κ1) is 16.1. The Labute approximate surface area is 138 Å². The third kappa shape index (κ3) is 3.60. The maximum atomic E-state index is 12.5. The molecule has 1 unspecified atom stereocenters. The molecule has 3 nitrogen and oxygen atoms in total. The summed E-state index contributed by atoms with van der Waals surface area (Å²) in [4.78, 5) is 4.29. The molecule has 0 fully saturated rings. The molecule has 1 aliphatic rings. The SMILES string of the molecule is N#Cc1ccc(C2=CS(=Nc3ccc(C(F)(F)F)cc3)C=N2)cc1. The lowest BCUT2D eigenvalue weighted by molar-refractivity contribution is -0.137. The second-order valence-corrected chi connectivity index (χ2v) is 6.23. The van der Waals surface area contributed by atoms with Crippen LogP contribution in [0, 0.1) is 11.3 Å². The molecular weight excluding hydrogens is 335 g/mol. The van der Waals surface area contributed by atoms with Crippen LogP contribution in [0.2, 0.25) is 0 Å². The van der Waals surface area contributed by atoms with Crippen molar-refractivity contribution in [2.24, 2.45) is 9.36 Å². The fourth-order valence-electron chi connectivity index (χ4n) is 2.03. The Balaban J connectivity index is 1.81. The highest BCUT2D eigenvalue weighted by atomic mass is 32.2. The summed E-state index contributed by atoms with van der Waals surface area (Å²) in [5.74, 6) is 0. The van der Waals surface area contributed by atoms with Gasteiger partial charge in [0.05, 0.1) is 34.1 Å². The van der Waals surface area contributed by atoms with Gasteiger partial charge in [0, 0.05) is 11.0 Å². The number of nitrogens with zero attached hydrogens (tertiary/aromatic N) is 3. The fraction of sp³-hybridized carbons (Fsp3) is 0.0588. The second kappa shape index (κ2) is 6.42. The normalized spacial score (nSPS) is 16.9. The van der Waals surface area contributed by atoms with E-state index in [0.717, 1.165) is 23.4 Å². The van der Waals surface area contributed by atoms with E-state index in [0.29, 0.717) is 11.3 Å². The molecule has 2 aromatic rings. The summed E-state index contributed by atoms with van der Waals surface area (Å²) in [6.45, 7) is 0. The summed E-state index contributed by atoms with van der Waals surface area (Å²) in [5, 5.41) is 10.6. The predicted molar refractivity (Wildman–Crippen MR) is 88.5 cm³/mol. The van der Waals surface area contributed by atoms with Crippen LogP contribution in [-0.2, 0) is 16.9 Å². The molecule has 3 rings (SSSR count). The molecule has 7 heteroatoms. The largest absolute Gasteiger partial charge is 0.416 e. The Morgan fingerprint density at radius 3 is 2.25 bits per heavy atom. The summed E-state index contributed by atoms with van der Waals surface area (Å²) in [6.07, 6.45) is -4.35. The molecule has 1 heterocycles. The number of aliphatic imine (C=N–C) groups is 1. The van der Waals surface area contributed by atoms with Crippen molar-refractivity contribution < 1.29 is 13.2 Å². The second-order valence-electron chi connectivity index (χ2n) is 4.91. The lowest BCUT2D eigenvalue weighted by Crippen LogP contribution is -2.03. The maximum Gasteiger partial charge on any atom is 0.416 e. The number of alkyl halides is 3. The Morgan fingerprint density at radius 2 is 1.67 bits per heavy atom. The van der Waals surface area contributed by atoms with E-state index < -0.39 is 22.4 Å². The Kier molecular flexibility index (Phi) is 4.32. The molecule has 120 valence electrons. The van der Waals surface area contributed by atoms with Gasteiger partial charge in [0.15, 0.2) is 0 Å². The molecule has 0 saturated heterocycles. The number of halogens is 3. The van der Waals surface area contributed by atoms with Gasteiger partial charge in [-0.05, 0) is 47.1 Å². The third-order valence-electron chi connectivity index (χ3n) is 3.25. The average molecular weight is 345 g/mol. The van der Waals surface area contributed by atoms with Crippen LogP contribution in [0.5, 0.6) is 0 Å². The average Bonchev–Trinajstić information content (AvgIpc) is 3.03. The van der Waals surface area contributed by atoms with E-state index in [1.54, 1.807) is 29.8 Å². The van der Waals surface area contributed by atoms with Crippen LogP contribution in [0.3, 0.4) is 0 Å². The van der Waals surface area contributed by atoms with E-state index in [-0.39, 0.29) is 0 Å². The predicted octanol–water partition coefficient (Wildman–Crippen LogP) is 5.05. The van der Waals surface area contributed by atoms with Gasteiger partial charge in [-0.25, -0.2) is 9.36 Å². The van der Waals surface area contributed by atoms with E-state index in [2.05, 4.69) is 9.36 Å². The van der Waals surface area contributed by atoms with Crippen molar-refractivity contribution in [3.8, 4) is 6.07 Å². The maximum absolute atomic E-state index is 12.5. The van der Waals surface area contributed by atoms with E-state index in [9.17, 15) is 13.2 Å². The molecule has 0 bridgehead atoms. The van der Waals surface area contributed by atoms with Crippen molar-refractivity contribution in [1.82, 2.24) is 0 Å². The zero-order valence-electron chi connectivity index (χ0n) is 12.2. The summed E-state index contributed by atoms with van der Waals surface area (Å²) in [7, 11) is -0.619. The number of hydrogen-bond acceptors (Lipinski definition) is 3. The van der Waals surface area contributed by atoms with Gasteiger partial charge >= 0.3 is 6.18 Å². The highest BCUT2D eigenvalue weighted by Crippen LogP contribution is 2.31. The minimum atomic E-state index is -4.35. The summed E-state index contributed by atoms with van der Waals surface area (Å²) < 4.78 is 42.0. The van der Waals surface area contributed by atoms with Crippen LogP contribution in [0.25, 0.3) is 5.70 Å². The van der Waals surface area contributed by atoms with Crippen molar-refractivity contribution in [2.75, 3.05) is 0 Å². The number of benzene rings is 2. The summed E-state index contributed by atoms with van der Waals surface area (Å²) >= 11 is 0. The number of rotatable bonds is 2. The molecule has 0 radical (unpaired) electrons. The van der Waals surface area contributed by atoms with Crippen molar-refractivity contribution >= 4 is 27.6 Å². The highest BCUT2D eigenvalue weighted by Gasteiger charge is 2.29. The molecule has 2 aromatic carbocycles. The third-order valence-corrected chi connectivity index (χ3v) is 4.46. The molecule has 0 aliphatic carbocycles. The van der Waals surface area contributed by atoms with Crippen molar-refractivity contribution in [3.63, 3.8) is 0 Å². The van der Waals surface area contributed by atoms with Gasteiger partial charge in [-0.3, -0.25) is 0 Å². The standard InChI is InChI=1S/C17H10F3N3S/c18-17(19,20)14-5-7-15(8-6-14)23-24-10-16(22-11-24)13-3-1-12(9-21)2-4-13/h1-8,10-11H. The van der Waals surface area contributed by atoms with Gasteiger partial charge in [0.1, 0.15) is 0 Å². The highest BCUT2D eigenvalue weighted by molar-refractivity contribution is 8.03. The van der Waals surface area contributed by atoms with Crippen molar-refractivity contribution in [3.05, 3.63) is 70.6 Å². The molecule has 1 aliphatic heterocycles. The molecule has 24 heavy (non-hydrogen) atoms. The van der Waals surface area contributed by atoms with E-state index >= 15 is 0 Å². The van der Waals surface area contributed by atoms with Gasteiger partial charge in [0.2, 0.25) is 0 Å². The van der Waals surface area contributed by atoms with Gasteiger partial charge in [-0.15, -0.1) is 0 Å². The van der Waals surface area contributed by atoms with E-state index in [4.69, 9.17) is 5.26 Å². The van der Waals surface area contributed by atoms with Crippen LogP contribution in [-0.4, -0.2) is 5.55 Å². The quantitative estimate of drug-likeness (QED) is 0.751. The molecule has 0 N–H and O–H groups in total. The zero-order chi connectivity index (χ0) is 17.2. The van der Waals surface area contributed by atoms with E-state index in [1.165, 1.54) is 12.1 Å². The van der Waals surface area contributed by atoms with Crippen LogP contribution < -0.4 is 0 Å². The van der Waals surface area contributed by atoms with Crippen molar-refractivity contribution in [2.45, 2.75) is 6.18 Å². The first-order chi connectivity index (χ1) is 11.5. The lowest BCUT2D eigenvalue weighted by Gasteiger charge is -2.05. The van der Waals surface area contributed by atoms with Gasteiger partial charge in [-0.1, -0.05) is 12.1 Å². The topological polar surface area (TPSA) is 48.5 Å². The fourth-order valence-corrected chi connectivity index (χ4v) is 3.20. The Morgan fingerprint density at radius 1 is 1.00 bits per heavy atom. The molecular formula is C17H10F3N3S.